The summed E-state index contributed by atoms with van der Waals surface area (Å²) in [4.78, 5) is 10.5. The molecule has 0 aliphatic rings. The molecule has 0 atom stereocenters. The molecule has 0 bridgehead atoms. The third kappa shape index (κ3) is 85.4. The number of nitrogens with two attached hydrogens (primary N) is 1. The van der Waals surface area contributed by atoms with Gasteiger partial charge in [-0.3, -0.25) is 13.5 Å². The monoisotopic (exact) mass is 1030 g/mol. The summed E-state index contributed by atoms with van der Waals surface area (Å²) in [5, 5.41) is 20.7. The van der Waals surface area contributed by atoms with Crippen LogP contribution < -0.4 is 10.8 Å². The number of nitrogens with one attached hydrogen (secondary N) is 1. The number of primary amides is 1. The summed E-state index contributed by atoms with van der Waals surface area (Å²) in [6, 6.07) is 0. The van der Waals surface area contributed by atoms with Gasteiger partial charge in [0.25, 0.3) is 0 Å². The zero-order chi connectivity index (χ0) is 37.7. The number of carbonyl (C=O) groups is 1. The normalized spacial score (nSPS) is 10.2. The molecule has 0 aromatic carbocycles. The van der Waals surface area contributed by atoms with Gasteiger partial charge >= 0.3 is 109 Å². The Balaban J connectivity index is -0.000000155. The molecule has 0 heterocycles. The molecule has 0 aromatic rings. The van der Waals surface area contributed by atoms with Gasteiger partial charge in [0, 0.05) is 0 Å². The minimum absolute atomic E-state index is 0. The van der Waals surface area contributed by atoms with E-state index in [1.807, 2.05) is 12.8 Å². The average Bonchev–Trinajstić information content (AvgIpc) is 3.05. The molecule has 4 N–H and O–H groups in total. The summed E-state index contributed by atoms with van der Waals surface area (Å²) in [6.45, 7) is 4.54. The van der Waals surface area contributed by atoms with Crippen LogP contribution in [0.25, 0.3) is 5.32 Å². The summed E-state index contributed by atoms with van der Waals surface area (Å²) in [5.74, 6) is -0.667. The summed E-state index contributed by atoms with van der Waals surface area (Å²) in [6.07, 6.45) is 42.7. The fourth-order valence-electron chi connectivity index (χ4n) is 5.09. The topological polar surface area (TPSA) is 168 Å². The Kier molecular flexibility index (Phi) is 74.5. The van der Waals surface area contributed by atoms with E-state index in [1.54, 1.807) is 14.1 Å². The Bertz CT molecular complexity index is 706. The second-order valence-electron chi connectivity index (χ2n) is 13.0. The number of amides is 1. The van der Waals surface area contributed by atoms with Crippen molar-refractivity contribution in [3.8, 4) is 0 Å². The number of carbonyl (C=O) groups excluding carboxylic acids is 1. The Hall–Kier alpha value is 1.94. The average molecular weight is 1020 g/mol. The third-order valence-corrected chi connectivity index (χ3v) is 8.33. The van der Waals surface area contributed by atoms with Gasteiger partial charge in [0.2, 0.25) is 0 Å². The van der Waals surface area contributed by atoms with Gasteiger partial charge in [0.05, 0.1) is 7.11 Å². The molecule has 0 aliphatic heterocycles. The van der Waals surface area contributed by atoms with E-state index in [4.69, 9.17) is 15.7 Å². The summed E-state index contributed by atoms with van der Waals surface area (Å²) < 4.78 is 29.7. The van der Waals surface area contributed by atoms with Crippen molar-refractivity contribution < 1.29 is 126 Å². The molecular formula is C39H81Eu2N3O6S. The molecule has 0 fully saturated rings. The summed E-state index contributed by atoms with van der Waals surface area (Å²) in [5.41, 5.74) is 5.08. The first-order chi connectivity index (χ1) is 23.5. The van der Waals surface area contributed by atoms with E-state index in [9.17, 15) is 18.3 Å². The van der Waals surface area contributed by atoms with Crippen molar-refractivity contribution in [3.63, 3.8) is 0 Å². The van der Waals surface area contributed by atoms with Crippen LogP contribution in [0, 0.1) is 117 Å². The first-order valence-electron chi connectivity index (χ1n) is 19.7. The van der Waals surface area contributed by atoms with E-state index in [0.29, 0.717) is 12.8 Å². The van der Waals surface area contributed by atoms with Crippen LogP contribution in [-0.4, -0.2) is 46.0 Å². The van der Waals surface area contributed by atoms with Crippen LogP contribution >= 0.6 is 0 Å². The first kappa shape index (κ1) is 64.8. The van der Waals surface area contributed by atoms with Crippen LogP contribution in [0.2, 0.25) is 0 Å². The minimum atomic E-state index is -4.16. The second-order valence-corrected chi connectivity index (χ2v) is 14.2. The molecule has 0 aliphatic carbocycles. The maximum Gasteiger partial charge on any atom is 2.00 e. The zero-order valence-electron chi connectivity index (χ0n) is 33.5. The van der Waals surface area contributed by atoms with Crippen LogP contribution in [0.5, 0.6) is 0 Å². The predicted octanol–water partition coefficient (Wildman–Crippen LogP) is 11.0. The SMILES string of the molecule is CCCCCCCCCCCCCCC[CH-]CC(=N)[O-].CCCCCCCCCCCCCCC[CH-]CC(N)=O.COS(=O)(=O)O.C[N-]C.[Eu+2].[Eu+2]. The van der Waals surface area contributed by atoms with Gasteiger partial charge in [-0.2, -0.15) is 41.8 Å². The van der Waals surface area contributed by atoms with E-state index in [0.717, 1.165) is 20.0 Å². The number of hydrogen-bond donors (Lipinski definition) is 3. The van der Waals surface area contributed by atoms with E-state index < -0.39 is 16.3 Å². The van der Waals surface area contributed by atoms with Crippen LogP contribution in [0.15, 0.2) is 0 Å². The maximum atomic E-state index is 10.5. The molecule has 0 aromatic heterocycles. The van der Waals surface area contributed by atoms with Gasteiger partial charge in [-0.25, -0.2) is 0 Å². The third-order valence-electron chi connectivity index (χ3n) is 7.91. The maximum absolute atomic E-state index is 10.5. The fourth-order valence-corrected chi connectivity index (χ4v) is 5.09. The van der Waals surface area contributed by atoms with Crippen molar-refractivity contribution in [2.45, 2.75) is 206 Å². The van der Waals surface area contributed by atoms with Crippen LogP contribution in [0.4, 0.5) is 0 Å². The molecule has 9 nitrogen and oxygen atoms in total. The molecule has 2 radical (unpaired) electrons. The van der Waals surface area contributed by atoms with Gasteiger partial charge in [-0.05, 0) is 0 Å². The van der Waals surface area contributed by atoms with Crippen molar-refractivity contribution in [2.75, 3.05) is 21.2 Å². The van der Waals surface area contributed by atoms with E-state index in [2.05, 4.69) is 23.3 Å². The Morgan fingerprint density at radius 2 is 0.843 bits per heavy atom. The molecule has 308 valence electrons. The van der Waals surface area contributed by atoms with E-state index >= 15 is 0 Å². The Morgan fingerprint density at radius 1 is 0.627 bits per heavy atom. The molecule has 0 unspecified atom stereocenters. The number of nitrogens with zero attached hydrogens (tertiary/aromatic N) is 1. The second kappa shape index (κ2) is 58.6. The molecule has 0 saturated heterocycles. The predicted molar refractivity (Wildman–Crippen MR) is 209 cm³/mol. The molecule has 51 heavy (non-hydrogen) atoms. The molecule has 0 rings (SSSR count). The van der Waals surface area contributed by atoms with E-state index in [1.165, 1.54) is 167 Å². The van der Waals surface area contributed by atoms with Crippen LogP contribution in [0.3, 0.4) is 0 Å². The van der Waals surface area contributed by atoms with Crippen LogP contribution in [-0.2, 0) is 19.4 Å². The van der Waals surface area contributed by atoms with Crippen molar-refractivity contribution in [1.29, 1.82) is 5.41 Å². The van der Waals surface area contributed by atoms with Gasteiger partial charge in [0.1, 0.15) is 0 Å². The number of rotatable bonds is 33. The molecule has 1 amide bonds. The van der Waals surface area contributed by atoms with Gasteiger partial charge in [0.15, 0.2) is 5.91 Å². The van der Waals surface area contributed by atoms with Crippen LogP contribution in [0.1, 0.15) is 206 Å². The first-order valence-corrected chi connectivity index (χ1v) is 21.1. The van der Waals surface area contributed by atoms with E-state index in [-0.39, 0.29) is 105 Å². The Morgan fingerprint density at radius 3 is 1.04 bits per heavy atom. The van der Waals surface area contributed by atoms with Crippen molar-refractivity contribution in [2.24, 2.45) is 5.73 Å². The quantitative estimate of drug-likeness (QED) is 0.0194. The van der Waals surface area contributed by atoms with Gasteiger partial charge in [-0.15, -0.1) is 0 Å². The summed E-state index contributed by atoms with van der Waals surface area (Å²) >= 11 is 0. The molecular weight excluding hydrogens is 942 g/mol. The zero-order valence-corrected chi connectivity index (χ0v) is 39.2. The smallest absolute Gasteiger partial charge is 0.864 e. The standard InChI is InChI=1S/2C18H36NO.C2H6N.CH4O4S.2Eu/c2*1-2-3-4-5-6-7-8-9-10-11-12-13-14-15-16-17-18(19)20;1-3-2;1-5-6(2,3)4;;/h2*16H,2-15,17H2,1H3,(H2,19,20);1-2H3;1H3,(H,2,3,4);;/q3*-1;;2*+2/p-1. The van der Waals surface area contributed by atoms with Gasteiger partial charge in [-0.1, -0.05) is 193 Å². The minimum Gasteiger partial charge on any atom is -0.864 e. The number of unbranched alkanes of at least 4 members (excludes halogenated alkanes) is 28. The van der Waals surface area contributed by atoms with Crippen molar-refractivity contribution >= 4 is 22.2 Å². The van der Waals surface area contributed by atoms with Crippen molar-refractivity contribution in [3.05, 3.63) is 18.2 Å². The molecule has 0 spiro atoms. The fraction of sp³-hybridized carbons (Fsp3) is 0.897. The van der Waals surface area contributed by atoms with Gasteiger partial charge < -0.3 is 34.4 Å². The largest absolute Gasteiger partial charge is 2.00 e. The Labute approximate surface area is 399 Å². The number of hydrogen-bond acceptors (Lipinski definition) is 6. The van der Waals surface area contributed by atoms with Crippen molar-refractivity contribution in [1.82, 2.24) is 0 Å². The molecule has 0 saturated carbocycles. The molecule has 12 heteroatoms. The summed E-state index contributed by atoms with van der Waals surface area (Å²) in [7, 11) is 0.208.